The van der Waals surface area contributed by atoms with Crippen molar-refractivity contribution < 1.29 is 0 Å². The predicted molar refractivity (Wildman–Crippen MR) is 107 cm³/mol. The summed E-state index contributed by atoms with van der Waals surface area (Å²) in [6.07, 6.45) is 11.6. The second-order valence-corrected chi connectivity index (χ2v) is 8.63. The Morgan fingerprint density at radius 2 is 1.76 bits per heavy atom. The van der Waals surface area contributed by atoms with E-state index in [4.69, 9.17) is 0 Å². The van der Waals surface area contributed by atoms with Crippen molar-refractivity contribution in [1.29, 1.82) is 0 Å². The van der Waals surface area contributed by atoms with E-state index in [0.717, 1.165) is 18.5 Å². The second-order valence-electron chi connectivity index (χ2n) is 8.63. The van der Waals surface area contributed by atoms with E-state index in [-0.39, 0.29) is 0 Å². The molecule has 2 atom stereocenters. The van der Waals surface area contributed by atoms with Crippen LogP contribution in [0.5, 0.6) is 0 Å². The minimum absolute atomic E-state index is 0.685. The molecular formula is C22H35N3. The van der Waals surface area contributed by atoms with Crippen molar-refractivity contribution in [1.82, 2.24) is 4.90 Å². The van der Waals surface area contributed by atoms with Crippen LogP contribution in [0.1, 0.15) is 58.3 Å². The molecule has 1 aromatic rings. The van der Waals surface area contributed by atoms with E-state index in [1.165, 1.54) is 82.4 Å². The maximum absolute atomic E-state index is 3.57. The van der Waals surface area contributed by atoms with Gasteiger partial charge in [-0.3, -0.25) is 0 Å². The van der Waals surface area contributed by atoms with Crippen LogP contribution in [0.3, 0.4) is 0 Å². The Bertz CT molecular complexity index is 550. The van der Waals surface area contributed by atoms with E-state index in [0.29, 0.717) is 6.04 Å². The van der Waals surface area contributed by atoms with Gasteiger partial charge in [0, 0.05) is 25.7 Å². The molecule has 3 heteroatoms. The zero-order chi connectivity index (χ0) is 17.1. The first-order valence-electron chi connectivity index (χ1n) is 10.6. The van der Waals surface area contributed by atoms with Gasteiger partial charge in [-0.25, -0.2) is 0 Å². The third-order valence-electron chi connectivity index (χ3n) is 6.74. The fraction of sp³-hybridized carbons (Fsp3) is 0.727. The molecule has 2 heterocycles. The predicted octanol–water partition coefficient (Wildman–Crippen LogP) is 4.95. The summed E-state index contributed by atoms with van der Waals surface area (Å²) >= 11 is 0. The summed E-state index contributed by atoms with van der Waals surface area (Å²) in [5.41, 5.74) is 2.72. The zero-order valence-corrected chi connectivity index (χ0v) is 15.9. The van der Waals surface area contributed by atoms with Gasteiger partial charge in [-0.1, -0.05) is 51.2 Å². The van der Waals surface area contributed by atoms with Gasteiger partial charge >= 0.3 is 0 Å². The van der Waals surface area contributed by atoms with Gasteiger partial charge in [0.15, 0.2) is 0 Å². The maximum Gasteiger partial charge on any atom is 0.0880 e. The van der Waals surface area contributed by atoms with Crippen molar-refractivity contribution in [2.45, 2.75) is 64.3 Å². The Labute approximate surface area is 153 Å². The first-order valence-corrected chi connectivity index (χ1v) is 10.6. The average molecular weight is 342 g/mol. The Balaban J connectivity index is 1.33. The van der Waals surface area contributed by atoms with Gasteiger partial charge in [0.2, 0.25) is 0 Å². The topological polar surface area (TPSA) is 18.5 Å². The summed E-state index contributed by atoms with van der Waals surface area (Å²) in [6, 6.07) is 9.49. The van der Waals surface area contributed by atoms with Gasteiger partial charge in [0.05, 0.1) is 18.0 Å². The molecule has 2 aliphatic heterocycles. The van der Waals surface area contributed by atoms with Crippen LogP contribution in [0.15, 0.2) is 24.3 Å². The molecule has 0 aromatic heterocycles. The van der Waals surface area contributed by atoms with Crippen molar-refractivity contribution >= 4 is 11.4 Å². The monoisotopic (exact) mass is 341 g/mol. The summed E-state index contributed by atoms with van der Waals surface area (Å²) in [5.74, 6) is 1.70. The number of nitrogens with zero attached hydrogens (tertiary/aromatic N) is 2. The van der Waals surface area contributed by atoms with Crippen molar-refractivity contribution in [3.63, 3.8) is 0 Å². The number of hydrogen-bond donors (Lipinski definition) is 1. The molecule has 0 amide bonds. The minimum atomic E-state index is 0.685. The molecular weight excluding hydrogens is 306 g/mol. The summed E-state index contributed by atoms with van der Waals surface area (Å²) in [6.45, 7) is 7.36. The lowest BCUT2D eigenvalue weighted by Gasteiger charge is -2.43. The number of anilines is 2. The Kier molecular flexibility index (Phi) is 5.50. The van der Waals surface area contributed by atoms with Crippen LogP contribution >= 0.6 is 0 Å². The lowest BCUT2D eigenvalue weighted by molar-refractivity contribution is 0.132. The highest BCUT2D eigenvalue weighted by molar-refractivity contribution is 5.75. The lowest BCUT2D eigenvalue weighted by Crippen LogP contribution is -2.51. The van der Waals surface area contributed by atoms with Crippen molar-refractivity contribution in [3.05, 3.63) is 24.3 Å². The molecule has 4 rings (SSSR count). The smallest absolute Gasteiger partial charge is 0.0880 e. The molecule has 138 valence electrons. The minimum Gasteiger partial charge on any atom is -0.366 e. The van der Waals surface area contributed by atoms with E-state index >= 15 is 0 Å². The lowest BCUT2D eigenvalue weighted by atomic mass is 9.88. The highest BCUT2D eigenvalue weighted by Gasteiger charge is 2.34. The second kappa shape index (κ2) is 7.99. The molecule has 2 unspecified atom stereocenters. The quantitative estimate of drug-likeness (QED) is 0.839. The van der Waals surface area contributed by atoms with Crippen LogP contribution in [0.4, 0.5) is 11.4 Å². The van der Waals surface area contributed by atoms with E-state index in [1.807, 2.05) is 0 Å². The Hall–Kier alpha value is -1.22. The molecule has 3 aliphatic rings. The fourth-order valence-corrected chi connectivity index (χ4v) is 5.36. The first kappa shape index (κ1) is 17.2. The maximum atomic E-state index is 3.57. The zero-order valence-electron chi connectivity index (χ0n) is 15.9. The van der Waals surface area contributed by atoms with Crippen molar-refractivity contribution in [2.75, 3.05) is 36.5 Å². The van der Waals surface area contributed by atoms with E-state index in [9.17, 15) is 0 Å². The summed E-state index contributed by atoms with van der Waals surface area (Å²) in [5, 5.41) is 3.57. The molecule has 1 saturated heterocycles. The van der Waals surface area contributed by atoms with Crippen molar-refractivity contribution in [3.8, 4) is 0 Å². The Morgan fingerprint density at radius 1 is 1.00 bits per heavy atom. The van der Waals surface area contributed by atoms with Crippen LogP contribution in [0, 0.1) is 11.8 Å². The van der Waals surface area contributed by atoms with E-state index < -0.39 is 0 Å². The molecule has 1 saturated carbocycles. The number of nitrogens with one attached hydrogen (secondary N) is 1. The van der Waals surface area contributed by atoms with Crippen LogP contribution in [-0.4, -0.2) is 37.2 Å². The SMILES string of the molecule is CC1CN(CC2CCCCCCC2)CCC1N1CNc2ccccc21. The normalized spacial score (nSPS) is 28.9. The molecule has 0 spiro atoms. The highest BCUT2D eigenvalue weighted by atomic mass is 15.3. The third kappa shape index (κ3) is 3.97. The van der Waals surface area contributed by atoms with Crippen LogP contribution in [0.2, 0.25) is 0 Å². The van der Waals surface area contributed by atoms with Gasteiger partial charge in [-0.05, 0) is 43.2 Å². The van der Waals surface area contributed by atoms with E-state index in [1.54, 1.807) is 0 Å². The number of likely N-dealkylation sites (tertiary alicyclic amines) is 1. The molecule has 1 aliphatic carbocycles. The summed E-state index contributed by atoms with van der Waals surface area (Å²) in [7, 11) is 0. The summed E-state index contributed by atoms with van der Waals surface area (Å²) < 4.78 is 0. The third-order valence-corrected chi connectivity index (χ3v) is 6.74. The van der Waals surface area contributed by atoms with Gasteiger partial charge in [-0.15, -0.1) is 0 Å². The molecule has 2 fully saturated rings. The number of rotatable bonds is 3. The van der Waals surface area contributed by atoms with Gasteiger partial charge in [0.25, 0.3) is 0 Å². The molecule has 1 aromatic carbocycles. The van der Waals surface area contributed by atoms with Crippen LogP contribution < -0.4 is 10.2 Å². The van der Waals surface area contributed by atoms with Crippen molar-refractivity contribution in [2.24, 2.45) is 11.8 Å². The summed E-state index contributed by atoms with van der Waals surface area (Å²) in [4.78, 5) is 5.40. The van der Waals surface area contributed by atoms with E-state index in [2.05, 4.69) is 46.3 Å². The largest absolute Gasteiger partial charge is 0.366 e. The molecule has 3 nitrogen and oxygen atoms in total. The molecule has 0 bridgehead atoms. The van der Waals surface area contributed by atoms with Crippen LogP contribution in [0.25, 0.3) is 0 Å². The number of hydrogen-bond acceptors (Lipinski definition) is 3. The number of piperidine rings is 1. The van der Waals surface area contributed by atoms with Gasteiger partial charge in [0.1, 0.15) is 0 Å². The standard InChI is InChI=1S/C22H35N3/c1-18-15-24(16-19-9-5-3-2-4-6-10-19)14-13-21(18)25-17-23-20-11-7-8-12-22(20)25/h7-8,11-12,18-19,21,23H,2-6,9-10,13-17H2,1H3. The molecule has 25 heavy (non-hydrogen) atoms. The van der Waals surface area contributed by atoms with Gasteiger partial charge in [-0.2, -0.15) is 0 Å². The Morgan fingerprint density at radius 3 is 2.56 bits per heavy atom. The molecule has 0 radical (unpaired) electrons. The first-order chi connectivity index (χ1) is 12.3. The number of para-hydroxylation sites is 2. The van der Waals surface area contributed by atoms with Gasteiger partial charge < -0.3 is 15.1 Å². The number of benzene rings is 1. The molecule has 1 N–H and O–H groups in total. The highest BCUT2D eigenvalue weighted by Crippen LogP contribution is 2.36. The van der Waals surface area contributed by atoms with Crippen LogP contribution in [-0.2, 0) is 0 Å². The fourth-order valence-electron chi connectivity index (χ4n) is 5.36. The average Bonchev–Trinajstić information content (AvgIpc) is 3.01. The number of fused-ring (bicyclic) bond motifs is 1.